The van der Waals surface area contributed by atoms with Crippen molar-refractivity contribution in [2.75, 3.05) is 13.1 Å². The molecule has 152 valence electrons. The van der Waals surface area contributed by atoms with Crippen LogP contribution in [0.25, 0.3) is 11.3 Å². The zero-order valence-corrected chi connectivity index (χ0v) is 17.8. The molecule has 3 aromatic rings. The summed E-state index contributed by atoms with van der Waals surface area (Å²) in [7, 11) is 0. The van der Waals surface area contributed by atoms with Crippen molar-refractivity contribution in [1.29, 1.82) is 0 Å². The van der Waals surface area contributed by atoms with Crippen molar-refractivity contribution in [1.82, 2.24) is 10.5 Å². The molecule has 5 nitrogen and oxygen atoms in total. The van der Waals surface area contributed by atoms with Crippen molar-refractivity contribution in [2.45, 2.75) is 33.9 Å². The molecule has 0 radical (unpaired) electrons. The largest absolute Gasteiger partial charge is 0.360 e. The Hall–Kier alpha value is -2.63. The number of benzene rings is 2. The number of aryl methyl sites for hydroxylation is 1. The molecule has 6 heteroatoms. The summed E-state index contributed by atoms with van der Waals surface area (Å²) in [6.45, 7) is 9.64. The van der Waals surface area contributed by atoms with E-state index in [1.165, 1.54) is 10.5 Å². The van der Waals surface area contributed by atoms with Crippen molar-refractivity contribution in [3.05, 3.63) is 76.0 Å². The van der Waals surface area contributed by atoms with Crippen molar-refractivity contribution < 1.29 is 14.2 Å². The lowest BCUT2D eigenvalue weighted by molar-refractivity contribution is -0.910. The fraction of sp³-hybridized carbons (Fsp3) is 0.304. The van der Waals surface area contributed by atoms with Crippen LogP contribution >= 0.6 is 11.6 Å². The smallest absolute Gasteiger partial charge is 0.257 e. The third-order valence-corrected chi connectivity index (χ3v) is 5.55. The van der Waals surface area contributed by atoms with Crippen LogP contribution in [0, 0.1) is 6.92 Å². The third-order valence-electron chi connectivity index (χ3n) is 5.22. The van der Waals surface area contributed by atoms with Crippen molar-refractivity contribution in [3.8, 4) is 11.3 Å². The van der Waals surface area contributed by atoms with Crippen LogP contribution in [0.2, 0.25) is 5.02 Å². The fourth-order valence-corrected chi connectivity index (χ4v) is 3.64. The van der Waals surface area contributed by atoms with Gasteiger partial charge in [0.1, 0.15) is 23.6 Å². The molecule has 0 spiro atoms. The molecule has 1 aromatic heterocycles. The SMILES string of the molecule is CC[NH+](CC)Cc1ccccc1CNC(=O)c1c(-c2ccccc2Cl)noc1C. The number of amides is 1. The summed E-state index contributed by atoms with van der Waals surface area (Å²) < 4.78 is 5.31. The number of rotatable bonds is 8. The lowest BCUT2D eigenvalue weighted by Crippen LogP contribution is -3.10. The van der Waals surface area contributed by atoms with Crippen LogP contribution in [0.5, 0.6) is 0 Å². The molecule has 0 aliphatic heterocycles. The van der Waals surface area contributed by atoms with Crippen LogP contribution < -0.4 is 10.2 Å². The fourth-order valence-electron chi connectivity index (χ4n) is 3.41. The highest BCUT2D eigenvalue weighted by atomic mass is 35.5. The molecule has 0 unspecified atom stereocenters. The minimum Gasteiger partial charge on any atom is -0.360 e. The number of halogens is 1. The Morgan fingerprint density at radius 1 is 1.07 bits per heavy atom. The Labute approximate surface area is 176 Å². The number of carbonyl (C=O) groups is 1. The third kappa shape index (κ3) is 4.86. The summed E-state index contributed by atoms with van der Waals surface area (Å²) in [5.74, 6) is 0.252. The Bertz CT molecular complexity index is 980. The van der Waals surface area contributed by atoms with E-state index in [-0.39, 0.29) is 5.91 Å². The van der Waals surface area contributed by atoms with Gasteiger partial charge < -0.3 is 14.7 Å². The zero-order chi connectivity index (χ0) is 20.8. The first-order valence-electron chi connectivity index (χ1n) is 9.94. The van der Waals surface area contributed by atoms with E-state index in [0.29, 0.717) is 34.1 Å². The van der Waals surface area contributed by atoms with E-state index in [1.54, 1.807) is 13.0 Å². The second kappa shape index (κ2) is 9.72. The molecule has 2 N–H and O–H groups in total. The van der Waals surface area contributed by atoms with E-state index in [4.69, 9.17) is 16.1 Å². The first-order chi connectivity index (χ1) is 14.0. The van der Waals surface area contributed by atoms with Gasteiger partial charge in [0.25, 0.3) is 5.91 Å². The van der Waals surface area contributed by atoms with Crippen LogP contribution in [0.3, 0.4) is 0 Å². The first kappa shape index (κ1) is 21.1. The van der Waals surface area contributed by atoms with Crippen molar-refractivity contribution in [3.63, 3.8) is 0 Å². The number of nitrogens with one attached hydrogen (secondary N) is 2. The van der Waals surface area contributed by atoms with Gasteiger partial charge >= 0.3 is 0 Å². The molecule has 3 rings (SSSR count). The maximum atomic E-state index is 13.0. The Kier molecular flexibility index (Phi) is 7.07. The van der Waals surface area contributed by atoms with Gasteiger partial charge in [0, 0.05) is 17.7 Å². The van der Waals surface area contributed by atoms with E-state index < -0.39 is 0 Å². The van der Waals surface area contributed by atoms with Gasteiger partial charge in [-0.1, -0.05) is 59.2 Å². The molecule has 1 heterocycles. The quantitative estimate of drug-likeness (QED) is 0.593. The highest BCUT2D eigenvalue weighted by Crippen LogP contribution is 2.30. The lowest BCUT2D eigenvalue weighted by atomic mass is 10.0. The average molecular weight is 413 g/mol. The highest BCUT2D eigenvalue weighted by molar-refractivity contribution is 6.33. The molecular formula is C23H27ClN3O2+. The van der Waals surface area contributed by atoms with E-state index >= 15 is 0 Å². The predicted molar refractivity (Wildman–Crippen MR) is 115 cm³/mol. The number of aromatic nitrogens is 1. The molecule has 0 saturated heterocycles. The highest BCUT2D eigenvalue weighted by Gasteiger charge is 2.23. The van der Waals surface area contributed by atoms with Gasteiger partial charge in [-0.25, -0.2) is 0 Å². The summed E-state index contributed by atoms with van der Waals surface area (Å²) in [6.07, 6.45) is 0. The van der Waals surface area contributed by atoms with Gasteiger partial charge in [0.15, 0.2) is 0 Å². The van der Waals surface area contributed by atoms with Crippen LogP contribution in [0.4, 0.5) is 0 Å². The van der Waals surface area contributed by atoms with E-state index in [1.807, 2.05) is 30.3 Å². The van der Waals surface area contributed by atoms with E-state index in [2.05, 4.69) is 36.5 Å². The predicted octanol–water partition coefficient (Wildman–Crippen LogP) is 3.66. The molecule has 1 amide bonds. The average Bonchev–Trinajstić information content (AvgIpc) is 3.12. The number of nitrogens with zero attached hydrogens (tertiary/aromatic N) is 1. The Morgan fingerprint density at radius 3 is 2.41 bits per heavy atom. The normalized spacial score (nSPS) is 11.1. The number of hydrogen-bond donors (Lipinski definition) is 2. The van der Waals surface area contributed by atoms with Crippen LogP contribution in [0.15, 0.2) is 53.1 Å². The Balaban J connectivity index is 1.80. The molecule has 0 fully saturated rings. The van der Waals surface area contributed by atoms with Gasteiger partial charge in [0.05, 0.1) is 18.1 Å². The topological polar surface area (TPSA) is 59.6 Å². The molecule has 2 aromatic carbocycles. The minimum absolute atomic E-state index is 0.219. The number of carbonyl (C=O) groups excluding carboxylic acids is 1. The molecule has 29 heavy (non-hydrogen) atoms. The van der Waals surface area contributed by atoms with Gasteiger partial charge in [-0.3, -0.25) is 4.79 Å². The Morgan fingerprint density at radius 2 is 1.72 bits per heavy atom. The van der Waals surface area contributed by atoms with Crippen LogP contribution in [-0.4, -0.2) is 24.2 Å². The van der Waals surface area contributed by atoms with Crippen molar-refractivity contribution in [2.24, 2.45) is 0 Å². The lowest BCUT2D eigenvalue weighted by Gasteiger charge is -2.18. The summed E-state index contributed by atoms with van der Waals surface area (Å²) in [4.78, 5) is 14.5. The maximum Gasteiger partial charge on any atom is 0.257 e. The number of quaternary nitrogens is 1. The molecule has 0 aliphatic rings. The molecule has 0 aliphatic carbocycles. The molecule has 0 bridgehead atoms. The standard InChI is InChI=1S/C23H26ClN3O2/c1-4-27(5-2)15-18-11-7-6-10-17(18)14-25-23(28)21-16(3)29-26-22(21)19-12-8-9-13-20(19)24/h6-13H,4-5,14-15H2,1-3H3,(H,25,28)/p+1. The van der Waals surface area contributed by atoms with Gasteiger partial charge in [-0.2, -0.15) is 0 Å². The first-order valence-corrected chi connectivity index (χ1v) is 10.3. The second-order valence-electron chi connectivity index (χ2n) is 7.03. The van der Waals surface area contributed by atoms with E-state index in [0.717, 1.165) is 25.2 Å². The maximum absolute atomic E-state index is 13.0. The van der Waals surface area contributed by atoms with E-state index in [9.17, 15) is 4.79 Å². The van der Waals surface area contributed by atoms with Gasteiger partial charge in [-0.05, 0) is 32.4 Å². The van der Waals surface area contributed by atoms with Crippen molar-refractivity contribution >= 4 is 17.5 Å². The zero-order valence-electron chi connectivity index (χ0n) is 17.1. The summed E-state index contributed by atoms with van der Waals surface area (Å²) >= 11 is 6.30. The van der Waals surface area contributed by atoms with Gasteiger partial charge in [-0.15, -0.1) is 0 Å². The minimum atomic E-state index is -0.219. The summed E-state index contributed by atoms with van der Waals surface area (Å²) in [5.41, 5.74) is 3.94. The molecule has 0 atom stereocenters. The molecular weight excluding hydrogens is 386 g/mol. The van der Waals surface area contributed by atoms with Crippen LogP contribution in [0.1, 0.15) is 41.1 Å². The summed E-state index contributed by atoms with van der Waals surface area (Å²) in [6, 6.07) is 15.5. The van der Waals surface area contributed by atoms with Gasteiger partial charge in [0.2, 0.25) is 0 Å². The summed E-state index contributed by atoms with van der Waals surface area (Å²) in [5, 5.41) is 7.64. The monoisotopic (exact) mass is 412 g/mol. The molecule has 0 saturated carbocycles. The second-order valence-corrected chi connectivity index (χ2v) is 7.43. The van der Waals surface area contributed by atoms with Crippen LogP contribution in [-0.2, 0) is 13.1 Å². The number of hydrogen-bond acceptors (Lipinski definition) is 3.